The first kappa shape index (κ1) is 30.3. The minimum atomic E-state index is -0.852. The molecule has 1 heterocycles. The van der Waals surface area contributed by atoms with Crippen molar-refractivity contribution in [1.29, 1.82) is 0 Å². The number of rotatable bonds is 10. The zero-order valence-electron chi connectivity index (χ0n) is 25.8. The Morgan fingerprint density at radius 1 is 0.761 bits per heavy atom. The van der Waals surface area contributed by atoms with Crippen molar-refractivity contribution in [3.05, 3.63) is 107 Å². The molecule has 1 N–H and O–H groups in total. The van der Waals surface area contributed by atoms with Crippen molar-refractivity contribution < 1.29 is 38.1 Å². The number of ether oxygens (including phenoxy) is 5. The van der Waals surface area contributed by atoms with Crippen molar-refractivity contribution in [3.8, 4) is 34.1 Å². The lowest BCUT2D eigenvalue weighted by Gasteiger charge is -2.14. The molecule has 4 aromatic carbocycles. The Kier molecular flexibility index (Phi) is 8.35. The number of carbonyl (C=O) groups excluding carboxylic acids is 3. The Balaban J connectivity index is 1.21. The van der Waals surface area contributed by atoms with E-state index in [1.54, 1.807) is 41.1 Å². The number of imide groups is 1. The number of methoxy groups -OCH3 is 4. The van der Waals surface area contributed by atoms with Gasteiger partial charge in [0.15, 0.2) is 17.3 Å². The molecule has 0 saturated heterocycles. The summed E-state index contributed by atoms with van der Waals surface area (Å²) in [5.74, 6) is 0.483. The maximum Gasteiger partial charge on any atom is 0.413 e. The zero-order chi connectivity index (χ0) is 32.4. The molecule has 10 nitrogen and oxygen atoms in total. The lowest BCUT2D eigenvalue weighted by molar-refractivity contribution is -0.120. The Bertz CT molecular complexity index is 1910. The van der Waals surface area contributed by atoms with Crippen molar-refractivity contribution >= 4 is 28.7 Å². The zero-order valence-corrected chi connectivity index (χ0v) is 25.8. The van der Waals surface area contributed by atoms with Crippen LogP contribution in [0, 0.1) is 0 Å². The van der Waals surface area contributed by atoms with Crippen LogP contribution < -0.4 is 24.3 Å². The van der Waals surface area contributed by atoms with E-state index in [4.69, 9.17) is 23.7 Å². The van der Waals surface area contributed by atoms with E-state index in [1.807, 2.05) is 36.4 Å². The number of hydrogen-bond acceptors (Lipinski definition) is 8. The highest BCUT2D eigenvalue weighted by atomic mass is 16.6. The minimum Gasteiger partial charge on any atom is -0.497 e. The van der Waals surface area contributed by atoms with Gasteiger partial charge in [0.2, 0.25) is 11.7 Å². The predicted octanol–water partition coefficient (Wildman–Crippen LogP) is 5.97. The van der Waals surface area contributed by atoms with Crippen molar-refractivity contribution in [2.75, 3.05) is 35.0 Å². The van der Waals surface area contributed by atoms with Gasteiger partial charge in [0, 0.05) is 34.7 Å². The Morgan fingerprint density at radius 3 is 1.98 bits per heavy atom. The summed E-state index contributed by atoms with van der Waals surface area (Å²) < 4.78 is 28.8. The lowest BCUT2D eigenvalue weighted by Crippen LogP contribution is -2.34. The fourth-order valence-corrected chi connectivity index (χ4v) is 6.02. The number of hydrogen-bond donors (Lipinski definition) is 1. The second-order valence-corrected chi connectivity index (χ2v) is 10.7. The van der Waals surface area contributed by atoms with Gasteiger partial charge in [-0.1, -0.05) is 48.5 Å². The van der Waals surface area contributed by atoms with Gasteiger partial charge in [-0.15, -0.1) is 0 Å². The summed E-state index contributed by atoms with van der Waals surface area (Å²) in [7, 11) is 5.95. The van der Waals surface area contributed by atoms with Gasteiger partial charge in [-0.3, -0.25) is 14.9 Å². The first-order valence-electron chi connectivity index (χ1n) is 14.5. The first-order valence-corrected chi connectivity index (χ1v) is 14.5. The molecule has 6 rings (SSSR count). The van der Waals surface area contributed by atoms with Crippen LogP contribution in [0.4, 0.5) is 4.79 Å². The van der Waals surface area contributed by atoms with E-state index in [9.17, 15) is 14.4 Å². The lowest BCUT2D eigenvalue weighted by atomic mass is 9.98. The van der Waals surface area contributed by atoms with Gasteiger partial charge in [0.25, 0.3) is 0 Å². The Hall–Kier alpha value is -5.77. The molecule has 0 saturated carbocycles. The number of ketones is 1. The quantitative estimate of drug-likeness (QED) is 0.190. The molecule has 10 heteroatoms. The third-order valence-corrected chi connectivity index (χ3v) is 8.16. The maximum atomic E-state index is 13.8. The number of nitrogens with one attached hydrogen (secondary N) is 1. The van der Waals surface area contributed by atoms with E-state index in [1.165, 1.54) is 28.4 Å². The van der Waals surface area contributed by atoms with E-state index in [2.05, 4.69) is 17.4 Å². The maximum absolute atomic E-state index is 13.8. The monoisotopic (exact) mass is 620 g/mol. The summed E-state index contributed by atoms with van der Waals surface area (Å²) in [5, 5.41) is 2.91. The second-order valence-electron chi connectivity index (χ2n) is 10.7. The van der Waals surface area contributed by atoms with E-state index in [0.29, 0.717) is 45.0 Å². The van der Waals surface area contributed by atoms with Crippen molar-refractivity contribution in [3.63, 3.8) is 0 Å². The average molecular weight is 621 g/mol. The van der Waals surface area contributed by atoms with Crippen LogP contribution in [-0.2, 0) is 16.1 Å². The number of amides is 2. The van der Waals surface area contributed by atoms with Crippen LogP contribution in [0.2, 0.25) is 0 Å². The first-order chi connectivity index (χ1) is 22.4. The number of aromatic nitrogens is 1. The molecule has 0 bridgehead atoms. The summed E-state index contributed by atoms with van der Waals surface area (Å²) in [5.41, 5.74) is 5.55. The van der Waals surface area contributed by atoms with Crippen LogP contribution >= 0.6 is 0 Å². The van der Waals surface area contributed by atoms with Crippen LogP contribution in [-0.4, -0.2) is 57.4 Å². The highest BCUT2D eigenvalue weighted by molar-refractivity contribution is 6.17. The minimum absolute atomic E-state index is 0.0736. The molecule has 46 heavy (non-hydrogen) atoms. The molecule has 0 fully saturated rings. The Morgan fingerprint density at radius 2 is 1.39 bits per heavy atom. The molecule has 1 aliphatic rings. The number of fused-ring (bicyclic) bond motifs is 4. The van der Waals surface area contributed by atoms with Gasteiger partial charge in [-0.25, -0.2) is 4.79 Å². The highest BCUT2D eigenvalue weighted by Gasteiger charge is 2.29. The van der Waals surface area contributed by atoms with E-state index < -0.39 is 12.0 Å². The normalized spacial score (nSPS) is 11.8. The van der Waals surface area contributed by atoms with Gasteiger partial charge in [0.1, 0.15) is 18.9 Å². The van der Waals surface area contributed by atoms with Gasteiger partial charge in [-0.2, -0.15) is 0 Å². The molecular weight excluding hydrogens is 588 g/mol. The van der Waals surface area contributed by atoms with E-state index in [0.717, 1.165) is 22.3 Å². The smallest absolute Gasteiger partial charge is 0.413 e. The summed E-state index contributed by atoms with van der Waals surface area (Å²) in [6, 6.07) is 24.4. The van der Waals surface area contributed by atoms with Crippen LogP contribution in [0.15, 0.2) is 85.1 Å². The van der Waals surface area contributed by atoms with Gasteiger partial charge in [-0.05, 0) is 46.5 Å². The molecule has 0 unspecified atom stereocenters. The second kappa shape index (κ2) is 12.7. The van der Waals surface area contributed by atoms with Gasteiger partial charge >= 0.3 is 6.09 Å². The van der Waals surface area contributed by atoms with Crippen molar-refractivity contribution in [2.24, 2.45) is 0 Å². The molecular formula is C36H32N2O8. The molecule has 1 aliphatic carbocycles. The summed E-state index contributed by atoms with van der Waals surface area (Å²) >= 11 is 0. The molecule has 234 valence electrons. The number of alkyl carbamates (subject to hydrolysis) is 1. The van der Waals surface area contributed by atoms with Crippen LogP contribution in [0.1, 0.15) is 33.0 Å². The number of carbonyl (C=O) groups is 3. The van der Waals surface area contributed by atoms with Gasteiger partial charge in [0.05, 0.1) is 34.0 Å². The van der Waals surface area contributed by atoms with Gasteiger partial charge < -0.3 is 28.3 Å². The van der Waals surface area contributed by atoms with Crippen LogP contribution in [0.3, 0.4) is 0 Å². The number of benzene rings is 4. The van der Waals surface area contributed by atoms with Crippen LogP contribution in [0.5, 0.6) is 23.0 Å². The Labute approximate surface area is 265 Å². The number of nitrogens with zero attached hydrogens (tertiary/aromatic N) is 1. The molecule has 0 spiro atoms. The van der Waals surface area contributed by atoms with Crippen LogP contribution in [0.25, 0.3) is 22.0 Å². The topological polar surface area (TPSA) is 114 Å². The summed E-state index contributed by atoms with van der Waals surface area (Å²) in [4.78, 5) is 39.7. The summed E-state index contributed by atoms with van der Waals surface area (Å²) in [6.07, 6.45) is 0.724. The predicted molar refractivity (Wildman–Crippen MR) is 171 cm³/mol. The fourth-order valence-electron chi connectivity index (χ4n) is 6.02. The third-order valence-electron chi connectivity index (χ3n) is 8.16. The molecule has 0 radical (unpaired) electrons. The van der Waals surface area contributed by atoms with E-state index in [-0.39, 0.29) is 24.9 Å². The average Bonchev–Trinajstić information content (AvgIpc) is 3.60. The van der Waals surface area contributed by atoms with Crippen molar-refractivity contribution in [2.45, 2.75) is 12.5 Å². The summed E-state index contributed by atoms with van der Waals surface area (Å²) in [6.45, 7) is -0.180. The van der Waals surface area contributed by atoms with Crippen molar-refractivity contribution in [1.82, 2.24) is 9.88 Å². The third kappa shape index (κ3) is 5.49. The fraction of sp³-hybridized carbons (Fsp3) is 0.194. The molecule has 5 aromatic rings. The molecule has 0 atom stereocenters. The van der Waals surface area contributed by atoms with E-state index >= 15 is 0 Å². The molecule has 2 amide bonds. The molecule has 1 aromatic heterocycles. The standard InChI is InChI=1S/C36H32N2O8/c1-42-22-13-14-27-28(34(40)21-15-31(43-2)35(45-4)32(16-21)44-3)18-38(30(27)17-22)19-33(39)37-36(41)46-20-29-25-11-7-5-9-23(25)24-10-6-8-12-26(24)29/h5-18,29H,19-20H2,1-4H3,(H,37,39,41). The highest BCUT2D eigenvalue weighted by Crippen LogP contribution is 2.44. The largest absolute Gasteiger partial charge is 0.497 e. The SMILES string of the molecule is COc1ccc2c(C(=O)c3cc(OC)c(OC)c(OC)c3)cn(CC(=O)NC(=O)OCC3c4ccccc4-c4ccccc43)c2c1. The molecule has 0 aliphatic heterocycles.